The first-order chi connectivity index (χ1) is 12.2. The van der Waals surface area contributed by atoms with Gasteiger partial charge in [0, 0.05) is 5.56 Å². The molecule has 0 saturated carbocycles. The highest BCUT2D eigenvalue weighted by Crippen LogP contribution is 2.16. The van der Waals surface area contributed by atoms with E-state index in [0.29, 0.717) is 12.0 Å². The Morgan fingerprint density at radius 1 is 1.08 bits per heavy atom. The summed E-state index contributed by atoms with van der Waals surface area (Å²) in [6.45, 7) is 5.89. The van der Waals surface area contributed by atoms with E-state index in [1.165, 1.54) is 0 Å². The summed E-state index contributed by atoms with van der Waals surface area (Å²) in [6, 6.07) is 17.7. The van der Waals surface area contributed by atoms with Gasteiger partial charge >= 0.3 is 6.09 Å². The lowest BCUT2D eigenvalue weighted by Crippen LogP contribution is -2.44. The Morgan fingerprint density at radius 3 is 2.24 bits per heavy atom. The second-order valence-electron chi connectivity index (χ2n) is 5.67. The van der Waals surface area contributed by atoms with Gasteiger partial charge in [-0.25, -0.2) is 9.69 Å². The molecule has 0 heterocycles. The Morgan fingerprint density at radius 2 is 1.68 bits per heavy atom. The zero-order valence-corrected chi connectivity index (χ0v) is 14.4. The summed E-state index contributed by atoms with van der Waals surface area (Å²) in [4.78, 5) is 26.7. The van der Waals surface area contributed by atoms with E-state index < -0.39 is 12.1 Å². The lowest BCUT2D eigenvalue weighted by Gasteiger charge is -2.27. The van der Waals surface area contributed by atoms with Gasteiger partial charge in [0.25, 0.3) is 5.91 Å². The summed E-state index contributed by atoms with van der Waals surface area (Å²) < 4.78 is 5.38. The lowest BCUT2D eigenvalue weighted by atomic mass is 10.1. The number of rotatable bonds is 7. The topological polar surface area (TPSA) is 46.6 Å². The molecule has 0 spiro atoms. The van der Waals surface area contributed by atoms with Crippen molar-refractivity contribution in [1.82, 2.24) is 4.90 Å². The van der Waals surface area contributed by atoms with E-state index in [4.69, 9.17) is 4.74 Å². The molecular weight excluding hydrogens is 314 g/mol. The minimum Gasteiger partial charge on any atom is -0.444 e. The van der Waals surface area contributed by atoms with Gasteiger partial charge in [0.1, 0.15) is 6.61 Å². The number of nitrogens with zero attached hydrogens (tertiary/aromatic N) is 1. The first-order valence-electron chi connectivity index (χ1n) is 8.39. The number of hydrogen-bond acceptors (Lipinski definition) is 3. The fraction of sp³-hybridized carbons (Fsp3) is 0.238. The molecule has 4 heteroatoms. The first-order valence-corrected chi connectivity index (χ1v) is 8.39. The normalized spacial score (nSPS) is 11.4. The molecule has 0 aliphatic heterocycles. The van der Waals surface area contributed by atoms with Crippen molar-refractivity contribution in [3.8, 4) is 0 Å². The first kappa shape index (κ1) is 18.5. The molecule has 0 unspecified atom stereocenters. The average Bonchev–Trinajstić information content (AvgIpc) is 2.67. The Kier molecular flexibility index (Phi) is 6.96. The Hall–Kier alpha value is -2.88. The van der Waals surface area contributed by atoms with Gasteiger partial charge in [0.05, 0.1) is 6.04 Å². The van der Waals surface area contributed by atoms with Crippen LogP contribution in [0.25, 0.3) is 0 Å². The van der Waals surface area contributed by atoms with E-state index in [2.05, 4.69) is 6.58 Å². The maximum absolute atomic E-state index is 12.9. The van der Waals surface area contributed by atoms with E-state index in [9.17, 15) is 9.59 Å². The van der Waals surface area contributed by atoms with Crippen LogP contribution in [0.4, 0.5) is 4.79 Å². The van der Waals surface area contributed by atoms with Crippen LogP contribution in [0, 0.1) is 0 Å². The van der Waals surface area contributed by atoms with Gasteiger partial charge in [-0.1, -0.05) is 68.0 Å². The van der Waals surface area contributed by atoms with Crippen LogP contribution < -0.4 is 0 Å². The van der Waals surface area contributed by atoms with Crippen molar-refractivity contribution in [1.29, 1.82) is 0 Å². The van der Waals surface area contributed by atoms with Crippen LogP contribution in [0.3, 0.4) is 0 Å². The highest BCUT2D eigenvalue weighted by atomic mass is 16.6. The minimum absolute atomic E-state index is 0.119. The van der Waals surface area contributed by atoms with Crippen LogP contribution in [0.15, 0.2) is 73.3 Å². The van der Waals surface area contributed by atoms with Crippen molar-refractivity contribution < 1.29 is 14.3 Å². The highest BCUT2D eigenvalue weighted by molar-refractivity contribution is 6.03. The third kappa shape index (κ3) is 5.05. The van der Waals surface area contributed by atoms with Crippen LogP contribution >= 0.6 is 0 Å². The van der Waals surface area contributed by atoms with Gasteiger partial charge in [-0.3, -0.25) is 4.79 Å². The van der Waals surface area contributed by atoms with E-state index in [0.717, 1.165) is 16.9 Å². The quantitative estimate of drug-likeness (QED) is 0.681. The molecule has 2 aromatic carbocycles. The molecule has 130 valence electrons. The van der Waals surface area contributed by atoms with Gasteiger partial charge in [-0.15, -0.1) is 6.58 Å². The van der Waals surface area contributed by atoms with Gasteiger partial charge in [-0.05, 0) is 24.1 Å². The molecule has 25 heavy (non-hydrogen) atoms. The molecule has 0 radical (unpaired) electrons. The van der Waals surface area contributed by atoms with Gasteiger partial charge in [0.2, 0.25) is 0 Å². The summed E-state index contributed by atoms with van der Waals surface area (Å²) in [5.41, 5.74) is 1.32. The zero-order chi connectivity index (χ0) is 18.1. The number of carbonyl (C=O) groups is 2. The predicted molar refractivity (Wildman–Crippen MR) is 98.1 cm³/mol. The third-order valence-corrected chi connectivity index (χ3v) is 3.83. The monoisotopic (exact) mass is 337 g/mol. The molecule has 0 aromatic heterocycles. The largest absolute Gasteiger partial charge is 0.444 e. The maximum Gasteiger partial charge on any atom is 0.417 e. The smallest absolute Gasteiger partial charge is 0.417 e. The average molecular weight is 337 g/mol. The maximum atomic E-state index is 12.9. The van der Waals surface area contributed by atoms with Crippen molar-refractivity contribution in [2.75, 3.05) is 0 Å². The Labute approximate surface area is 148 Å². The van der Waals surface area contributed by atoms with Crippen molar-refractivity contribution in [2.24, 2.45) is 0 Å². The van der Waals surface area contributed by atoms with Gasteiger partial charge in [-0.2, -0.15) is 0 Å². The molecule has 0 saturated heterocycles. The Balaban J connectivity index is 2.19. The predicted octanol–water partition coefficient (Wildman–Crippen LogP) is 4.82. The molecule has 4 nitrogen and oxygen atoms in total. The number of imide groups is 1. The second kappa shape index (κ2) is 9.42. The molecule has 0 bridgehead atoms. The molecule has 2 amide bonds. The Bertz CT molecular complexity index is 698. The van der Waals surface area contributed by atoms with E-state index in [1.807, 2.05) is 43.3 Å². The molecule has 2 aromatic rings. The number of carbonyl (C=O) groups excluding carboxylic acids is 2. The molecule has 0 aliphatic carbocycles. The number of amides is 2. The third-order valence-electron chi connectivity index (χ3n) is 3.83. The van der Waals surface area contributed by atoms with Crippen LogP contribution in [-0.2, 0) is 11.3 Å². The summed E-state index contributed by atoms with van der Waals surface area (Å²) >= 11 is 0. The van der Waals surface area contributed by atoms with E-state index in [-0.39, 0.29) is 12.5 Å². The molecule has 0 N–H and O–H groups in total. The standard InChI is InChI=1S/C21H23NO3/c1-3-11-19(4-2)22(20(23)18-14-9-6-10-15-18)21(24)25-16-17-12-7-5-8-13-17/h4-10,12-15,19H,2-3,11,16H2,1H3/t19-/m1/s1. The van der Waals surface area contributed by atoms with Crippen LogP contribution in [0.2, 0.25) is 0 Å². The second-order valence-corrected chi connectivity index (χ2v) is 5.67. The van der Waals surface area contributed by atoms with Crippen LogP contribution in [-0.4, -0.2) is 22.9 Å². The highest BCUT2D eigenvalue weighted by Gasteiger charge is 2.29. The summed E-state index contributed by atoms with van der Waals surface area (Å²) in [7, 11) is 0. The fourth-order valence-electron chi connectivity index (χ4n) is 2.53. The summed E-state index contributed by atoms with van der Waals surface area (Å²) in [5, 5.41) is 0. The molecule has 0 fully saturated rings. The van der Waals surface area contributed by atoms with Crippen molar-refractivity contribution in [3.05, 3.63) is 84.4 Å². The number of ether oxygens (including phenoxy) is 1. The van der Waals surface area contributed by atoms with Crippen LogP contribution in [0.1, 0.15) is 35.7 Å². The van der Waals surface area contributed by atoms with Gasteiger partial charge < -0.3 is 4.74 Å². The van der Waals surface area contributed by atoms with Crippen molar-refractivity contribution in [2.45, 2.75) is 32.4 Å². The van der Waals surface area contributed by atoms with Crippen molar-refractivity contribution in [3.63, 3.8) is 0 Å². The molecule has 0 aliphatic rings. The molecule has 2 rings (SSSR count). The summed E-state index contributed by atoms with van der Waals surface area (Å²) in [6.07, 6.45) is 2.42. The lowest BCUT2D eigenvalue weighted by molar-refractivity contribution is 0.0583. The fourth-order valence-corrected chi connectivity index (χ4v) is 2.53. The van der Waals surface area contributed by atoms with Crippen LogP contribution in [0.5, 0.6) is 0 Å². The van der Waals surface area contributed by atoms with E-state index in [1.54, 1.807) is 30.3 Å². The van der Waals surface area contributed by atoms with E-state index >= 15 is 0 Å². The minimum atomic E-state index is -0.656. The zero-order valence-electron chi connectivity index (χ0n) is 14.4. The number of hydrogen-bond donors (Lipinski definition) is 0. The molecule has 1 atom stereocenters. The van der Waals surface area contributed by atoms with Crippen molar-refractivity contribution >= 4 is 12.0 Å². The number of benzene rings is 2. The molecular formula is C21H23NO3. The van der Waals surface area contributed by atoms with Gasteiger partial charge in [0.15, 0.2) is 0 Å². The SMILES string of the molecule is C=C[C@H](CCC)N(C(=O)OCc1ccccc1)C(=O)c1ccccc1. The summed E-state index contributed by atoms with van der Waals surface area (Å²) in [5.74, 6) is -0.378.